The third-order valence-corrected chi connectivity index (χ3v) is 13.7. The SMILES string of the molecule is CC[C@H](Nc1ncnc(N)c1Cl)c1nc2cccc(NCc3ccc(C(=O)NO)cn3)c2c(=O)n1-c1ccccc1.CC[C@H](Nc1ncnc(N)c1Cl)c1nc2cccc(NCc3ccc(C(=O)OC)cn3)c2c(=O)n1-c1ccccc1. The van der Waals surface area contributed by atoms with E-state index in [-0.39, 0.29) is 44.9 Å². The van der Waals surface area contributed by atoms with Gasteiger partial charge < -0.3 is 37.5 Å². The number of fused-ring (bicyclic) bond motifs is 2. The van der Waals surface area contributed by atoms with Crippen molar-refractivity contribution in [1.82, 2.24) is 54.5 Å². The van der Waals surface area contributed by atoms with E-state index in [0.717, 1.165) is 0 Å². The first-order chi connectivity index (χ1) is 39.8. The summed E-state index contributed by atoms with van der Waals surface area (Å²) in [6.07, 6.45) is 6.57. The van der Waals surface area contributed by atoms with Crippen LogP contribution in [0.5, 0.6) is 0 Å². The summed E-state index contributed by atoms with van der Waals surface area (Å²) in [5, 5.41) is 23.2. The Morgan fingerprint density at radius 3 is 1.41 bits per heavy atom. The van der Waals surface area contributed by atoms with Crippen LogP contribution in [0.4, 0.5) is 34.6 Å². The van der Waals surface area contributed by atoms with Gasteiger partial charge in [-0.15, -0.1) is 0 Å². The first kappa shape index (κ1) is 56.6. The minimum absolute atomic E-state index is 0.141. The quantitative estimate of drug-likeness (QED) is 0.0226. The molecule has 0 aliphatic heterocycles. The van der Waals surface area contributed by atoms with Crippen molar-refractivity contribution in [2.24, 2.45) is 0 Å². The number of carbonyl (C=O) groups is 2. The van der Waals surface area contributed by atoms with Gasteiger partial charge in [-0.05, 0) is 85.6 Å². The van der Waals surface area contributed by atoms with Crippen molar-refractivity contribution in [1.29, 1.82) is 0 Å². The van der Waals surface area contributed by atoms with Crippen LogP contribution in [0.25, 0.3) is 33.2 Å². The van der Waals surface area contributed by atoms with Crippen LogP contribution >= 0.6 is 23.2 Å². The molecule has 23 nitrogen and oxygen atoms in total. The lowest BCUT2D eigenvalue weighted by Gasteiger charge is -2.23. The monoisotopic (exact) mass is 1140 g/mol. The van der Waals surface area contributed by atoms with E-state index < -0.39 is 24.0 Å². The normalized spacial score (nSPS) is 11.7. The lowest BCUT2D eigenvalue weighted by molar-refractivity contribution is 0.0599. The molecule has 10 rings (SSSR count). The molecule has 0 saturated carbocycles. The molecule has 6 aromatic heterocycles. The number of para-hydroxylation sites is 2. The van der Waals surface area contributed by atoms with E-state index in [4.69, 9.17) is 54.6 Å². The fraction of sp³-hybridized carbons (Fsp3) is 0.158. The average Bonchev–Trinajstić information content (AvgIpc) is 3.60. The van der Waals surface area contributed by atoms with E-state index in [0.29, 0.717) is 104 Å². The molecule has 0 radical (unpaired) electrons. The Labute approximate surface area is 477 Å². The number of aromatic nitrogens is 10. The number of hydrogen-bond acceptors (Lipinski definition) is 20. The first-order valence-corrected chi connectivity index (χ1v) is 26.2. The van der Waals surface area contributed by atoms with Crippen molar-refractivity contribution in [2.45, 2.75) is 51.9 Å². The third kappa shape index (κ3) is 12.4. The van der Waals surface area contributed by atoms with Crippen molar-refractivity contribution >= 4 is 91.5 Å². The number of hydrogen-bond donors (Lipinski definition) is 8. The van der Waals surface area contributed by atoms with Gasteiger partial charge in [-0.3, -0.25) is 38.7 Å². The highest BCUT2D eigenvalue weighted by molar-refractivity contribution is 6.35. The average molecular weight is 1140 g/mol. The second-order valence-electron chi connectivity index (χ2n) is 18.1. The van der Waals surface area contributed by atoms with Crippen LogP contribution in [0, 0.1) is 0 Å². The van der Waals surface area contributed by atoms with E-state index in [9.17, 15) is 19.2 Å². The molecule has 0 bridgehead atoms. The lowest BCUT2D eigenvalue weighted by atomic mass is 10.1. The van der Waals surface area contributed by atoms with Crippen molar-refractivity contribution in [3.05, 3.63) is 211 Å². The van der Waals surface area contributed by atoms with Crippen LogP contribution in [-0.2, 0) is 17.8 Å². The second-order valence-corrected chi connectivity index (χ2v) is 18.8. The largest absolute Gasteiger partial charge is 0.465 e. The Kier molecular flexibility index (Phi) is 17.8. The molecule has 416 valence electrons. The highest BCUT2D eigenvalue weighted by atomic mass is 35.5. The summed E-state index contributed by atoms with van der Waals surface area (Å²) in [4.78, 5) is 86.6. The molecule has 4 aromatic carbocycles. The first-order valence-electron chi connectivity index (χ1n) is 25.5. The van der Waals surface area contributed by atoms with Crippen molar-refractivity contribution < 1.29 is 19.5 Å². The van der Waals surface area contributed by atoms with Gasteiger partial charge in [0.1, 0.15) is 46.0 Å². The number of nitrogens with zero attached hydrogens (tertiary/aromatic N) is 10. The van der Waals surface area contributed by atoms with Gasteiger partial charge in [-0.25, -0.2) is 40.2 Å². The number of pyridine rings is 2. The molecular formula is C57H53Cl2N17O6. The fourth-order valence-corrected chi connectivity index (χ4v) is 9.08. The van der Waals surface area contributed by atoms with Gasteiger partial charge in [0.05, 0.1) is 88.0 Å². The Hall–Kier alpha value is -10.1. The zero-order valence-corrected chi connectivity index (χ0v) is 45.7. The molecule has 1 amide bonds. The fourth-order valence-electron chi connectivity index (χ4n) is 8.77. The number of rotatable bonds is 18. The van der Waals surface area contributed by atoms with E-state index in [1.165, 1.54) is 32.2 Å². The maximum absolute atomic E-state index is 14.2. The summed E-state index contributed by atoms with van der Waals surface area (Å²) in [5.74, 6) is 0.826. The molecule has 10 N–H and O–H groups in total. The number of benzene rings is 4. The summed E-state index contributed by atoms with van der Waals surface area (Å²) in [6.45, 7) is 4.53. The van der Waals surface area contributed by atoms with E-state index >= 15 is 0 Å². The van der Waals surface area contributed by atoms with Gasteiger partial charge in [0.15, 0.2) is 11.6 Å². The molecule has 25 heteroatoms. The van der Waals surface area contributed by atoms with Gasteiger partial charge in [-0.2, -0.15) is 0 Å². The van der Waals surface area contributed by atoms with Crippen LogP contribution < -0.4 is 49.3 Å². The predicted octanol–water partition coefficient (Wildman–Crippen LogP) is 8.87. The number of hydroxylamine groups is 1. The maximum atomic E-state index is 14.2. The zero-order chi connectivity index (χ0) is 57.9. The summed E-state index contributed by atoms with van der Waals surface area (Å²) >= 11 is 12.7. The highest BCUT2D eigenvalue weighted by Crippen LogP contribution is 2.33. The molecule has 0 aliphatic rings. The highest BCUT2D eigenvalue weighted by Gasteiger charge is 2.25. The van der Waals surface area contributed by atoms with Gasteiger partial charge in [0, 0.05) is 23.8 Å². The molecule has 0 aliphatic carbocycles. The smallest absolute Gasteiger partial charge is 0.339 e. The van der Waals surface area contributed by atoms with Crippen molar-refractivity contribution in [3.63, 3.8) is 0 Å². The van der Waals surface area contributed by atoms with Crippen LogP contribution in [0.15, 0.2) is 156 Å². The summed E-state index contributed by atoms with van der Waals surface area (Å²) in [5.41, 5.74) is 18.2. The second kappa shape index (κ2) is 25.8. The molecule has 0 fully saturated rings. The minimum atomic E-state index is -0.653. The number of carbonyl (C=O) groups excluding carboxylic acids is 2. The Morgan fingerprint density at radius 2 is 1.02 bits per heavy atom. The number of esters is 1. The molecular weight excluding hydrogens is 1090 g/mol. The third-order valence-electron chi connectivity index (χ3n) is 12.9. The molecule has 10 aromatic rings. The van der Waals surface area contributed by atoms with Crippen LogP contribution in [-0.4, -0.2) is 73.2 Å². The number of methoxy groups -OCH3 is 1. The number of halogens is 2. The number of ether oxygens (including phenoxy) is 1. The standard InChI is InChI=1S/C29H27ClN8O3.C28H26ClN9O3/c1-3-20(36-26-24(30)25(31)34-16-35-26)27-37-22-11-7-10-21(23(22)28(39)38(27)19-8-5-4-6-9-19)33-15-18-13-12-17(14-32-18)29(40)41-2;1-2-19(35-25-23(29)24(30)33-15-34-25)26-36-21-10-6-9-20(22(21)28(40)38(26)18-7-4-3-5-8-18)32-14-17-12-11-16(13-31-17)27(39)37-41/h4-14,16,20,33H,3,15H2,1-2H3,(H3,31,34,35,36);3-13,15,19,32,41H,2,14H2,1H3,(H,37,39)(H3,30,33,34,35)/t20-;19-/m00/s1. The van der Waals surface area contributed by atoms with E-state index in [1.54, 1.807) is 57.1 Å². The van der Waals surface area contributed by atoms with Crippen LogP contribution in [0.1, 0.15) is 82.5 Å². The molecule has 2 atom stereocenters. The number of nitrogen functional groups attached to an aromatic ring is 2. The predicted molar refractivity (Wildman–Crippen MR) is 315 cm³/mol. The van der Waals surface area contributed by atoms with Gasteiger partial charge in [-0.1, -0.05) is 85.6 Å². The maximum Gasteiger partial charge on any atom is 0.339 e. The molecule has 0 saturated heterocycles. The minimum Gasteiger partial charge on any atom is -0.465 e. The number of anilines is 6. The number of nitrogens with one attached hydrogen (secondary N) is 5. The van der Waals surface area contributed by atoms with Crippen molar-refractivity contribution in [2.75, 3.05) is 39.8 Å². The Balaban J connectivity index is 0.000000198. The summed E-state index contributed by atoms with van der Waals surface area (Å²) < 4.78 is 7.90. The van der Waals surface area contributed by atoms with Crippen LogP contribution in [0.3, 0.4) is 0 Å². The topological polar surface area (TPSA) is 323 Å². The molecule has 6 heterocycles. The van der Waals surface area contributed by atoms with E-state index in [2.05, 4.69) is 51.2 Å². The Bertz CT molecular complexity index is 3790. The number of nitrogens with two attached hydrogens (primary N) is 2. The number of amides is 1. The van der Waals surface area contributed by atoms with E-state index in [1.807, 2.05) is 92.7 Å². The van der Waals surface area contributed by atoms with Gasteiger partial charge in [0.2, 0.25) is 0 Å². The zero-order valence-electron chi connectivity index (χ0n) is 44.2. The molecule has 82 heavy (non-hydrogen) atoms. The van der Waals surface area contributed by atoms with Crippen LogP contribution in [0.2, 0.25) is 10.0 Å². The van der Waals surface area contributed by atoms with Gasteiger partial charge >= 0.3 is 5.97 Å². The Morgan fingerprint density at radius 1 is 0.585 bits per heavy atom. The lowest BCUT2D eigenvalue weighted by Crippen LogP contribution is -2.29. The molecule has 0 unspecified atom stereocenters. The van der Waals surface area contributed by atoms with Crippen molar-refractivity contribution in [3.8, 4) is 11.4 Å². The summed E-state index contributed by atoms with van der Waals surface area (Å²) in [7, 11) is 1.32. The summed E-state index contributed by atoms with van der Waals surface area (Å²) in [6, 6.07) is 35.1. The molecule has 0 spiro atoms. The van der Waals surface area contributed by atoms with Gasteiger partial charge in [0.25, 0.3) is 17.0 Å².